The van der Waals surface area contributed by atoms with Crippen LogP contribution in [0.2, 0.25) is 0 Å². The lowest BCUT2D eigenvalue weighted by atomic mass is 10.1. The van der Waals surface area contributed by atoms with Crippen LogP contribution in [0.3, 0.4) is 0 Å². The number of nitrogens with one attached hydrogen (secondary N) is 1. The van der Waals surface area contributed by atoms with Crippen molar-refractivity contribution in [2.24, 2.45) is 0 Å². The third-order valence-electron chi connectivity index (χ3n) is 2.92. The van der Waals surface area contributed by atoms with E-state index < -0.39 is 0 Å². The van der Waals surface area contributed by atoms with E-state index >= 15 is 0 Å². The maximum Gasteiger partial charge on any atom is 0.194 e. The van der Waals surface area contributed by atoms with Gasteiger partial charge in [0.2, 0.25) is 0 Å². The van der Waals surface area contributed by atoms with Crippen LogP contribution in [0.15, 0.2) is 40.9 Å². The van der Waals surface area contributed by atoms with Crippen molar-refractivity contribution >= 4 is 0 Å². The van der Waals surface area contributed by atoms with Crippen molar-refractivity contribution in [2.75, 3.05) is 13.6 Å². The zero-order valence-electron chi connectivity index (χ0n) is 10.9. The molecule has 1 N–H and O–H groups in total. The monoisotopic (exact) mass is 244 g/mol. The largest absolute Gasteiger partial charge is 0.446 e. The summed E-state index contributed by atoms with van der Waals surface area (Å²) in [6, 6.07) is 10.5. The number of nitrogens with zero attached hydrogens (tertiary/aromatic N) is 1. The quantitative estimate of drug-likeness (QED) is 0.761. The molecule has 0 atom stereocenters. The van der Waals surface area contributed by atoms with Crippen LogP contribution in [-0.2, 0) is 19.3 Å². The minimum absolute atomic E-state index is 0.855. The van der Waals surface area contributed by atoms with E-state index in [0.29, 0.717) is 0 Å². The van der Waals surface area contributed by atoms with Crippen LogP contribution in [-0.4, -0.2) is 18.6 Å². The molecule has 0 aliphatic heterocycles. The standard InChI is InChI=1S/C15H20N2O/c1-16-11-5-8-15-17-12-14(18-15)10-9-13-6-3-2-4-7-13/h2-4,6-7,12,16H,5,8-11H2,1H3. The van der Waals surface area contributed by atoms with E-state index in [1.165, 1.54) is 5.56 Å². The predicted molar refractivity (Wildman–Crippen MR) is 72.6 cm³/mol. The van der Waals surface area contributed by atoms with Gasteiger partial charge in [0.1, 0.15) is 5.76 Å². The van der Waals surface area contributed by atoms with E-state index in [0.717, 1.165) is 43.9 Å². The number of hydrogen-bond donors (Lipinski definition) is 1. The Morgan fingerprint density at radius 2 is 1.94 bits per heavy atom. The first-order valence-electron chi connectivity index (χ1n) is 6.50. The van der Waals surface area contributed by atoms with E-state index in [2.05, 4.69) is 34.6 Å². The average molecular weight is 244 g/mol. The number of oxazole rings is 1. The van der Waals surface area contributed by atoms with Gasteiger partial charge in [0.15, 0.2) is 5.89 Å². The summed E-state index contributed by atoms with van der Waals surface area (Å²) in [6.07, 6.45) is 5.76. The fourth-order valence-corrected chi connectivity index (χ4v) is 1.91. The summed E-state index contributed by atoms with van der Waals surface area (Å²) in [7, 11) is 1.96. The molecule has 0 fully saturated rings. The molecule has 0 bridgehead atoms. The highest BCUT2D eigenvalue weighted by Crippen LogP contribution is 2.10. The van der Waals surface area contributed by atoms with Crippen molar-refractivity contribution in [2.45, 2.75) is 25.7 Å². The van der Waals surface area contributed by atoms with Crippen LogP contribution in [0.1, 0.15) is 23.6 Å². The lowest BCUT2D eigenvalue weighted by Gasteiger charge is -1.98. The van der Waals surface area contributed by atoms with Gasteiger partial charge >= 0.3 is 0 Å². The SMILES string of the molecule is CNCCCc1ncc(CCc2ccccc2)o1. The molecule has 2 rings (SSSR count). The van der Waals surface area contributed by atoms with Crippen LogP contribution in [0.25, 0.3) is 0 Å². The molecular weight excluding hydrogens is 224 g/mol. The zero-order valence-corrected chi connectivity index (χ0v) is 10.9. The average Bonchev–Trinajstić information content (AvgIpc) is 2.86. The number of hydrogen-bond acceptors (Lipinski definition) is 3. The zero-order chi connectivity index (χ0) is 12.6. The first kappa shape index (κ1) is 12.8. The third kappa shape index (κ3) is 4.00. The van der Waals surface area contributed by atoms with Gasteiger partial charge in [-0.1, -0.05) is 30.3 Å². The molecule has 18 heavy (non-hydrogen) atoms. The molecule has 0 spiro atoms. The van der Waals surface area contributed by atoms with Crippen molar-refractivity contribution in [3.8, 4) is 0 Å². The van der Waals surface area contributed by atoms with Crippen LogP contribution in [0, 0.1) is 0 Å². The Kier molecular flexibility index (Phi) is 4.97. The molecule has 0 aliphatic rings. The van der Waals surface area contributed by atoms with Crippen LogP contribution >= 0.6 is 0 Å². The minimum atomic E-state index is 0.855. The Labute approximate surface area is 108 Å². The number of rotatable bonds is 7. The molecule has 96 valence electrons. The minimum Gasteiger partial charge on any atom is -0.446 e. The van der Waals surface area contributed by atoms with Gasteiger partial charge < -0.3 is 9.73 Å². The number of aromatic nitrogens is 1. The molecule has 0 saturated carbocycles. The van der Waals surface area contributed by atoms with Gasteiger partial charge in [-0.15, -0.1) is 0 Å². The summed E-state index contributed by atoms with van der Waals surface area (Å²) >= 11 is 0. The summed E-state index contributed by atoms with van der Waals surface area (Å²) in [5, 5.41) is 3.12. The van der Waals surface area contributed by atoms with E-state index in [1.807, 2.05) is 19.3 Å². The second kappa shape index (κ2) is 6.97. The van der Waals surface area contributed by atoms with Gasteiger partial charge in [0, 0.05) is 12.8 Å². The van der Waals surface area contributed by atoms with Crippen molar-refractivity contribution in [1.29, 1.82) is 0 Å². The van der Waals surface area contributed by atoms with Crippen LogP contribution < -0.4 is 5.32 Å². The fraction of sp³-hybridized carbons (Fsp3) is 0.400. The smallest absolute Gasteiger partial charge is 0.194 e. The van der Waals surface area contributed by atoms with E-state index in [-0.39, 0.29) is 0 Å². The lowest BCUT2D eigenvalue weighted by Crippen LogP contribution is -2.08. The molecule has 3 nitrogen and oxygen atoms in total. The maximum atomic E-state index is 5.71. The highest BCUT2D eigenvalue weighted by Gasteiger charge is 2.04. The molecule has 2 aromatic rings. The molecule has 0 aliphatic carbocycles. The van der Waals surface area contributed by atoms with Crippen molar-refractivity contribution in [3.05, 3.63) is 53.7 Å². The van der Waals surface area contributed by atoms with Crippen LogP contribution in [0.5, 0.6) is 0 Å². The molecule has 0 saturated heterocycles. The van der Waals surface area contributed by atoms with Gasteiger partial charge in [-0.2, -0.15) is 0 Å². The first-order valence-corrected chi connectivity index (χ1v) is 6.50. The number of benzene rings is 1. The molecule has 0 amide bonds. The summed E-state index contributed by atoms with van der Waals surface area (Å²) in [5.41, 5.74) is 1.34. The van der Waals surface area contributed by atoms with Gasteiger partial charge in [0.05, 0.1) is 6.20 Å². The summed E-state index contributed by atoms with van der Waals surface area (Å²) in [6.45, 7) is 1.00. The Morgan fingerprint density at radius 1 is 1.11 bits per heavy atom. The first-order chi connectivity index (χ1) is 8.88. The Balaban J connectivity index is 1.80. The Morgan fingerprint density at radius 3 is 2.72 bits per heavy atom. The van der Waals surface area contributed by atoms with E-state index in [4.69, 9.17) is 4.42 Å². The highest BCUT2D eigenvalue weighted by molar-refractivity contribution is 5.15. The maximum absolute atomic E-state index is 5.71. The van der Waals surface area contributed by atoms with Gasteiger partial charge in [0.25, 0.3) is 0 Å². The van der Waals surface area contributed by atoms with Gasteiger partial charge in [-0.05, 0) is 32.0 Å². The third-order valence-corrected chi connectivity index (χ3v) is 2.92. The lowest BCUT2D eigenvalue weighted by molar-refractivity contribution is 0.447. The second-order valence-corrected chi connectivity index (χ2v) is 4.41. The van der Waals surface area contributed by atoms with Gasteiger partial charge in [-0.3, -0.25) is 0 Å². The van der Waals surface area contributed by atoms with E-state index in [1.54, 1.807) is 0 Å². The van der Waals surface area contributed by atoms with Crippen molar-refractivity contribution < 1.29 is 4.42 Å². The Bertz CT molecular complexity index is 451. The Hall–Kier alpha value is -1.61. The molecule has 1 aromatic heterocycles. The van der Waals surface area contributed by atoms with Crippen molar-refractivity contribution in [1.82, 2.24) is 10.3 Å². The molecule has 3 heteroatoms. The fourth-order valence-electron chi connectivity index (χ4n) is 1.91. The summed E-state index contributed by atoms with van der Waals surface area (Å²) < 4.78 is 5.71. The topological polar surface area (TPSA) is 38.1 Å². The molecular formula is C15H20N2O. The number of aryl methyl sites for hydroxylation is 3. The van der Waals surface area contributed by atoms with Crippen LogP contribution in [0.4, 0.5) is 0 Å². The predicted octanol–water partition coefficient (Wildman–Crippen LogP) is 2.61. The summed E-state index contributed by atoms with van der Waals surface area (Å²) in [4.78, 5) is 4.31. The highest BCUT2D eigenvalue weighted by atomic mass is 16.4. The van der Waals surface area contributed by atoms with E-state index in [9.17, 15) is 0 Å². The molecule has 1 heterocycles. The second-order valence-electron chi connectivity index (χ2n) is 4.41. The summed E-state index contributed by atoms with van der Waals surface area (Å²) in [5.74, 6) is 1.84. The van der Waals surface area contributed by atoms with Crippen molar-refractivity contribution in [3.63, 3.8) is 0 Å². The van der Waals surface area contributed by atoms with Gasteiger partial charge in [-0.25, -0.2) is 4.98 Å². The normalized spacial score (nSPS) is 10.7. The molecule has 1 aromatic carbocycles. The molecule has 0 radical (unpaired) electrons. The molecule has 0 unspecified atom stereocenters.